The number of piperidine rings is 1. The van der Waals surface area contributed by atoms with E-state index in [1.165, 1.54) is 11.1 Å². The van der Waals surface area contributed by atoms with Gasteiger partial charge in [0.25, 0.3) is 5.91 Å². The van der Waals surface area contributed by atoms with E-state index in [9.17, 15) is 9.90 Å². The van der Waals surface area contributed by atoms with Crippen molar-refractivity contribution in [3.05, 3.63) is 35.4 Å². The van der Waals surface area contributed by atoms with Crippen LogP contribution in [0.4, 0.5) is 0 Å². The number of nitrogens with one attached hydrogen (secondary N) is 1. The van der Waals surface area contributed by atoms with Gasteiger partial charge in [-0.1, -0.05) is 24.3 Å². The van der Waals surface area contributed by atoms with Crippen LogP contribution in [-0.2, 0) is 4.79 Å². The summed E-state index contributed by atoms with van der Waals surface area (Å²) in [5.74, 6) is 0.881. The Morgan fingerprint density at radius 1 is 1.24 bits per heavy atom. The number of hydrogen-bond donors (Lipinski definition) is 2. The topological polar surface area (TPSA) is 55.8 Å². The minimum atomic E-state index is -1.19. The first-order valence-corrected chi connectivity index (χ1v) is 9.48. The molecule has 0 spiro atoms. The van der Waals surface area contributed by atoms with Crippen LogP contribution in [0, 0.1) is 18.8 Å². The summed E-state index contributed by atoms with van der Waals surface area (Å²) in [4.78, 5) is 17.6. The summed E-state index contributed by atoms with van der Waals surface area (Å²) < 4.78 is 0. The van der Waals surface area contributed by atoms with E-state index >= 15 is 0 Å². The number of rotatable bonds is 2. The highest BCUT2D eigenvalue weighted by atomic mass is 16.3. The molecule has 0 radical (unpaired) electrons. The smallest absolute Gasteiger partial charge is 0.255 e. The Bertz CT molecular complexity index is 654. The molecule has 5 nitrogen and oxygen atoms in total. The molecule has 0 saturated carbocycles. The van der Waals surface area contributed by atoms with Crippen molar-refractivity contribution >= 4 is 5.91 Å². The molecule has 3 aliphatic rings. The molecule has 0 aliphatic carbocycles. The number of aryl methyl sites for hydroxylation is 1. The highest BCUT2D eigenvalue weighted by molar-refractivity contribution is 5.86. The fraction of sp³-hybridized carbons (Fsp3) is 0.650. The lowest BCUT2D eigenvalue weighted by Gasteiger charge is -2.40. The van der Waals surface area contributed by atoms with Crippen molar-refractivity contribution in [2.45, 2.75) is 31.4 Å². The van der Waals surface area contributed by atoms with E-state index in [4.69, 9.17) is 0 Å². The van der Waals surface area contributed by atoms with Gasteiger partial charge in [-0.25, -0.2) is 0 Å². The second kappa shape index (κ2) is 6.38. The third kappa shape index (κ3) is 2.88. The molecule has 1 amide bonds. The van der Waals surface area contributed by atoms with E-state index in [1.54, 1.807) is 0 Å². The fourth-order valence-electron chi connectivity index (χ4n) is 4.92. The molecule has 2 N–H and O–H groups in total. The first-order chi connectivity index (χ1) is 12.0. The summed E-state index contributed by atoms with van der Waals surface area (Å²) in [7, 11) is 2.05. The summed E-state index contributed by atoms with van der Waals surface area (Å²) in [6.45, 7) is 6.36. The van der Waals surface area contributed by atoms with Crippen LogP contribution in [0.5, 0.6) is 0 Å². The van der Waals surface area contributed by atoms with Crippen LogP contribution in [0.1, 0.15) is 30.0 Å². The van der Waals surface area contributed by atoms with Crippen molar-refractivity contribution in [1.82, 2.24) is 15.1 Å². The molecular weight excluding hydrogens is 314 g/mol. The third-order valence-corrected chi connectivity index (χ3v) is 6.54. The number of likely N-dealkylation sites (tertiary alicyclic amines) is 2. The highest BCUT2D eigenvalue weighted by Gasteiger charge is 2.51. The van der Waals surface area contributed by atoms with Crippen LogP contribution in [-0.4, -0.2) is 66.2 Å². The average molecular weight is 343 g/mol. The Hall–Kier alpha value is -1.43. The zero-order valence-electron chi connectivity index (χ0n) is 15.2. The number of hydrogen-bond acceptors (Lipinski definition) is 4. The van der Waals surface area contributed by atoms with Crippen molar-refractivity contribution < 1.29 is 9.90 Å². The van der Waals surface area contributed by atoms with Crippen molar-refractivity contribution in [1.29, 1.82) is 0 Å². The van der Waals surface area contributed by atoms with Gasteiger partial charge in [-0.15, -0.1) is 0 Å². The van der Waals surface area contributed by atoms with Crippen LogP contribution in [0.2, 0.25) is 0 Å². The van der Waals surface area contributed by atoms with Gasteiger partial charge < -0.3 is 20.2 Å². The first kappa shape index (κ1) is 17.0. The molecule has 4 rings (SSSR count). The maximum atomic E-state index is 13.4. The average Bonchev–Trinajstić information content (AvgIpc) is 3.19. The monoisotopic (exact) mass is 343 g/mol. The number of amides is 1. The van der Waals surface area contributed by atoms with Crippen molar-refractivity contribution in [3.63, 3.8) is 0 Å². The van der Waals surface area contributed by atoms with Crippen molar-refractivity contribution in [3.8, 4) is 0 Å². The summed E-state index contributed by atoms with van der Waals surface area (Å²) in [5, 5.41) is 14.6. The number of carbonyl (C=O) groups is 1. The van der Waals surface area contributed by atoms with Gasteiger partial charge in [0.1, 0.15) is 5.60 Å². The van der Waals surface area contributed by atoms with Crippen molar-refractivity contribution in [2.24, 2.45) is 11.8 Å². The molecule has 0 aromatic heterocycles. The lowest BCUT2D eigenvalue weighted by atomic mass is 9.86. The molecular formula is C20H29N3O2. The lowest BCUT2D eigenvalue weighted by molar-refractivity contribution is -0.157. The SMILES string of the molecule is Cc1ccccc1[C@@H]1[C@H]2CNC[C@H]2CN1C(=O)C1(O)CCN(C)CC1. The molecule has 5 heteroatoms. The molecule has 3 fully saturated rings. The minimum Gasteiger partial charge on any atom is -0.380 e. The third-order valence-electron chi connectivity index (χ3n) is 6.54. The fourth-order valence-corrected chi connectivity index (χ4v) is 4.92. The van der Waals surface area contributed by atoms with E-state index in [2.05, 4.69) is 41.4 Å². The summed E-state index contributed by atoms with van der Waals surface area (Å²) >= 11 is 0. The molecule has 0 unspecified atom stereocenters. The maximum Gasteiger partial charge on any atom is 0.255 e. The summed E-state index contributed by atoms with van der Waals surface area (Å²) in [6, 6.07) is 8.47. The van der Waals surface area contributed by atoms with Crippen LogP contribution >= 0.6 is 0 Å². The molecule has 25 heavy (non-hydrogen) atoms. The zero-order valence-corrected chi connectivity index (χ0v) is 15.2. The van der Waals surface area contributed by atoms with E-state index in [1.807, 2.05) is 11.9 Å². The number of benzene rings is 1. The molecule has 3 aliphatic heterocycles. The summed E-state index contributed by atoms with van der Waals surface area (Å²) in [5.41, 5.74) is 1.27. The largest absolute Gasteiger partial charge is 0.380 e. The maximum absolute atomic E-state index is 13.4. The second-order valence-electron chi connectivity index (χ2n) is 8.18. The van der Waals surface area contributed by atoms with Gasteiger partial charge in [0, 0.05) is 38.6 Å². The summed E-state index contributed by atoms with van der Waals surface area (Å²) in [6.07, 6.45) is 1.07. The molecule has 1 aromatic rings. The molecule has 3 heterocycles. The quantitative estimate of drug-likeness (QED) is 0.846. The molecule has 3 saturated heterocycles. The van der Waals surface area contributed by atoms with Crippen molar-refractivity contribution in [2.75, 3.05) is 39.8 Å². The van der Waals surface area contributed by atoms with Gasteiger partial charge in [-0.2, -0.15) is 0 Å². The Labute approximate surface area is 150 Å². The highest BCUT2D eigenvalue weighted by Crippen LogP contribution is 2.45. The van der Waals surface area contributed by atoms with Crippen LogP contribution in [0.25, 0.3) is 0 Å². The van der Waals surface area contributed by atoms with Gasteiger partial charge in [0.05, 0.1) is 6.04 Å². The van der Waals surface area contributed by atoms with Gasteiger partial charge >= 0.3 is 0 Å². The van der Waals surface area contributed by atoms with Gasteiger partial charge in [-0.3, -0.25) is 4.79 Å². The van der Waals surface area contributed by atoms with E-state index in [0.717, 1.165) is 32.7 Å². The standard InChI is InChI=1S/C20H29N3O2/c1-14-5-3-4-6-16(14)18-17-12-21-11-15(17)13-23(18)19(24)20(25)7-9-22(2)10-8-20/h3-6,15,17-18,21,25H,7-13H2,1-2H3/t15-,17-,18+/m0/s1. The normalized spacial score (nSPS) is 32.0. The number of nitrogens with zero attached hydrogens (tertiary/aromatic N) is 2. The van der Waals surface area contributed by atoms with E-state index in [0.29, 0.717) is 24.7 Å². The van der Waals surface area contributed by atoms with Crippen LogP contribution in [0.3, 0.4) is 0 Å². The predicted octanol–water partition coefficient (Wildman–Crippen LogP) is 1.17. The zero-order chi connectivity index (χ0) is 17.6. The Morgan fingerprint density at radius 2 is 1.96 bits per heavy atom. The van der Waals surface area contributed by atoms with E-state index < -0.39 is 5.60 Å². The lowest BCUT2D eigenvalue weighted by Crippen LogP contribution is -2.54. The number of aliphatic hydroxyl groups is 1. The van der Waals surface area contributed by atoms with Gasteiger partial charge in [-0.05, 0) is 43.9 Å². The van der Waals surface area contributed by atoms with E-state index in [-0.39, 0.29) is 11.9 Å². The first-order valence-electron chi connectivity index (χ1n) is 9.48. The Balaban J connectivity index is 1.65. The number of fused-ring (bicyclic) bond motifs is 1. The second-order valence-corrected chi connectivity index (χ2v) is 8.18. The number of carbonyl (C=O) groups excluding carboxylic acids is 1. The molecule has 0 bridgehead atoms. The minimum absolute atomic E-state index is 0.0525. The Morgan fingerprint density at radius 3 is 2.68 bits per heavy atom. The predicted molar refractivity (Wildman–Crippen MR) is 97.2 cm³/mol. The van der Waals surface area contributed by atoms with Crippen LogP contribution < -0.4 is 5.32 Å². The molecule has 1 aromatic carbocycles. The van der Waals surface area contributed by atoms with Crippen LogP contribution in [0.15, 0.2) is 24.3 Å². The Kier molecular flexibility index (Phi) is 4.34. The van der Waals surface area contributed by atoms with Gasteiger partial charge in [0.15, 0.2) is 0 Å². The van der Waals surface area contributed by atoms with Gasteiger partial charge in [0.2, 0.25) is 0 Å². The molecule has 136 valence electrons. The molecule has 3 atom stereocenters.